The van der Waals surface area contributed by atoms with Gasteiger partial charge in [0.1, 0.15) is 0 Å². The van der Waals surface area contributed by atoms with Crippen molar-refractivity contribution in [3.63, 3.8) is 0 Å². The summed E-state index contributed by atoms with van der Waals surface area (Å²) < 4.78 is 17.1. The van der Waals surface area contributed by atoms with Gasteiger partial charge in [0.05, 0.1) is 19.3 Å². The molecular formula is C18H25NO4. The minimum atomic E-state index is -0.0914. The van der Waals surface area contributed by atoms with E-state index in [0.29, 0.717) is 37.7 Å². The van der Waals surface area contributed by atoms with Crippen LogP contribution in [0.4, 0.5) is 0 Å². The summed E-state index contributed by atoms with van der Waals surface area (Å²) >= 11 is 0. The van der Waals surface area contributed by atoms with E-state index in [9.17, 15) is 4.79 Å². The normalized spacial score (nSPS) is 17.9. The van der Waals surface area contributed by atoms with Crippen LogP contribution in [0, 0.1) is 5.41 Å². The predicted molar refractivity (Wildman–Crippen MR) is 87.1 cm³/mol. The molecule has 0 radical (unpaired) electrons. The number of ether oxygens (including phenoxy) is 3. The number of carbonyl (C=O) groups excluding carboxylic acids is 1. The van der Waals surface area contributed by atoms with Crippen LogP contribution in [0.2, 0.25) is 0 Å². The fourth-order valence-corrected chi connectivity index (χ4v) is 2.55. The summed E-state index contributed by atoms with van der Waals surface area (Å²) in [6, 6.07) is 5.39. The molecule has 126 valence electrons. The van der Waals surface area contributed by atoms with Gasteiger partial charge in [-0.25, -0.2) is 0 Å². The number of amides is 1. The molecule has 1 aliphatic carbocycles. The summed E-state index contributed by atoms with van der Waals surface area (Å²) in [6.45, 7) is 6.65. The summed E-state index contributed by atoms with van der Waals surface area (Å²) in [5.41, 5.74) is 0.807. The molecule has 0 unspecified atom stereocenters. The van der Waals surface area contributed by atoms with Crippen molar-refractivity contribution in [3.05, 3.63) is 23.8 Å². The van der Waals surface area contributed by atoms with E-state index in [1.165, 1.54) is 0 Å². The van der Waals surface area contributed by atoms with Crippen LogP contribution in [-0.4, -0.2) is 38.4 Å². The number of hydrogen-bond donors (Lipinski definition) is 1. The fourth-order valence-electron chi connectivity index (χ4n) is 2.55. The van der Waals surface area contributed by atoms with Gasteiger partial charge in [-0.15, -0.1) is 0 Å². The monoisotopic (exact) mass is 319 g/mol. The molecule has 0 aromatic heterocycles. The number of carbonyl (C=O) groups is 1. The van der Waals surface area contributed by atoms with E-state index >= 15 is 0 Å². The lowest BCUT2D eigenvalue weighted by atomic mass is 10.1. The van der Waals surface area contributed by atoms with Crippen molar-refractivity contribution in [2.24, 2.45) is 5.41 Å². The van der Waals surface area contributed by atoms with Crippen LogP contribution < -0.4 is 14.8 Å². The number of nitrogens with one attached hydrogen (secondary N) is 1. The first-order chi connectivity index (χ1) is 11.1. The largest absolute Gasteiger partial charge is 0.489 e. The average Bonchev–Trinajstić information content (AvgIpc) is 3.33. The molecule has 1 saturated carbocycles. The Morgan fingerprint density at radius 1 is 1.26 bits per heavy atom. The van der Waals surface area contributed by atoms with E-state index in [1.807, 2.05) is 19.9 Å². The maximum atomic E-state index is 12.2. The quantitative estimate of drug-likeness (QED) is 0.819. The summed E-state index contributed by atoms with van der Waals surface area (Å²) in [7, 11) is 0. The smallest absolute Gasteiger partial charge is 0.251 e. The topological polar surface area (TPSA) is 56.8 Å². The minimum absolute atomic E-state index is 0.0914. The van der Waals surface area contributed by atoms with Crippen LogP contribution in [0.5, 0.6) is 11.5 Å². The summed E-state index contributed by atoms with van der Waals surface area (Å²) in [4.78, 5) is 12.2. The summed E-state index contributed by atoms with van der Waals surface area (Å²) in [5, 5.41) is 2.91. The van der Waals surface area contributed by atoms with Crippen molar-refractivity contribution in [2.75, 3.05) is 26.4 Å². The molecule has 1 amide bonds. The van der Waals surface area contributed by atoms with Crippen LogP contribution >= 0.6 is 0 Å². The van der Waals surface area contributed by atoms with Crippen molar-refractivity contribution in [2.45, 2.75) is 39.2 Å². The van der Waals surface area contributed by atoms with Gasteiger partial charge in [-0.05, 0) is 51.3 Å². The SMILES string of the molecule is CC(C)OCCCNC(=O)c1ccc2c(c1)OCC1(CC1)CO2. The first-order valence-electron chi connectivity index (χ1n) is 8.37. The molecule has 3 rings (SSSR count). The minimum Gasteiger partial charge on any atom is -0.489 e. The molecule has 1 aromatic rings. The zero-order chi connectivity index (χ0) is 16.3. The second-order valence-electron chi connectivity index (χ2n) is 6.77. The third-order valence-corrected chi connectivity index (χ3v) is 4.29. The molecular weight excluding hydrogens is 294 g/mol. The Labute approximate surface area is 137 Å². The average molecular weight is 319 g/mol. The van der Waals surface area contributed by atoms with Gasteiger partial charge in [0.25, 0.3) is 5.91 Å². The first kappa shape index (κ1) is 16.1. The Bertz CT molecular complexity index is 566. The van der Waals surface area contributed by atoms with E-state index in [-0.39, 0.29) is 17.4 Å². The highest BCUT2D eigenvalue weighted by molar-refractivity contribution is 5.94. The third kappa shape index (κ3) is 4.16. The molecule has 0 atom stereocenters. The van der Waals surface area contributed by atoms with Gasteiger partial charge in [0, 0.05) is 24.1 Å². The molecule has 1 fully saturated rings. The molecule has 0 bridgehead atoms. The van der Waals surface area contributed by atoms with E-state index in [4.69, 9.17) is 14.2 Å². The van der Waals surface area contributed by atoms with E-state index in [1.54, 1.807) is 12.1 Å². The molecule has 1 spiro atoms. The van der Waals surface area contributed by atoms with Crippen LogP contribution in [0.25, 0.3) is 0 Å². The van der Waals surface area contributed by atoms with Gasteiger partial charge < -0.3 is 19.5 Å². The highest BCUT2D eigenvalue weighted by Crippen LogP contribution is 2.49. The maximum absolute atomic E-state index is 12.2. The highest BCUT2D eigenvalue weighted by atomic mass is 16.5. The van der Waals surface area contributed by atoms with Gasteiger partial charge in [-0.3, -0.25) is 4.79 Å². The van der Waals surface area contributed by atoms with Crippen molar-refractivity contribution in [1.29, 1.82) is 0 Å². The molecule has 1 N–H and O–H groups in total. The lowest BCUT2D eigenvalue weighted by Crippen LogP contribution is -2.25. The van der Waals surface area contributed by atoms with Crippen molar-refractivity contribution in [3.8, 4) is 11.5 Å². The second-order valence-corrected chi connectivity index (χ2v) is 6.77. The van der Waals surface area contributed by atoms with E-state index in [2.05, 4.69) is 5.32 Å². The highest BCUT2D eigenvalue weighted by Gasteiger charge is 2.46. The van der Waals surface area contributed by atoms with Crippen molar-refractivity contribution < 1.29 is 19.0 Å². The van der Waals surface area contributed by atoms with Gasteiger partial charge in [0.15, 0.2) is 11.5 Å². The van der Waals surface area contributed by atoms with Crippen molar-refractivity contribution >= 4 is 5.91 Å². The lowest BCUT2D eigenvalue weighted by molar-refractivity contribution is 0.0757. The Morgan fingerprint density at radius 3 is 2.70 bits per heavy atom. The summed E-state index contributed by atoms with van der Waals surface area (Å²) in [6.07, 6.45) is 3.35. The number of rotatable bonds is 6. The van der Waals surface area contributed by atoms with Crippen molar-refractivity contribution in [1.82, 2.24) is 5.32 Å². The standard InChI is InChI=1S/C18H25NO4/c1-13(2)21-9-3-8-19-17(20)14-4-5-15-16(10-14)23-12-18(6-7-18)11-22-15/h4-5,10,13H,3,6-9,11-12H2,1-2H3,(H,19,20). The number of benzene rings is 1. The van der Waals surface area contributed by atoms with Gasteiger partial charge in [-0.1, -0.05) is 0 Å². The zero-order valence-electron chi connectivity index (χ0n) is 13.9. The molecule has 5 heteroatoms. The molecule has 5 nitrogen and oxygen atoms in total. The zero-order valence-corrected chi connectivity index (χ0v) is 13.9. The first-order valence-corrected chi connectivity index (χ1v) is 8.37. The van der Waals surface area contributed by atoms with Crippen LogP contribution in [-0.2, 0) is 4.74 Å². The Balaban J connectivity index is 1.52. The van der Waals surface area contributed by atoms with Crippen LogP contribution in [0.1, 0.15) is 43.5 Å². The van der Waals surface area contributed by atoms with Gasteiger partial charge >= 0.3 is 0 Å². The Hall–Kier alpha value is -1.75. The molecule has 0 saturated heterocycles. The molecule has 2 aliphatic rings. The summed E-state index contributed by atoms with van der Waals surface area (Å²) in [5.74, 6) is 1.31. The lowest BCUT2D eigenvalue weighted by Gasteiger charge is -2.10. The second kappa shape index (κ2) is 6.79. The molecule has 23 heavy (non-hydrogen) atoms. The van der Waals surface area contributed by atoms with Gasteiger partial charge in [0.2, 0.25) is 0 Å². The van der Waals surface area contributed by atoms with Gasteiger partial charge in [-0.2, -0.15) is 0 Å². The molecule has 1 aromatic carbocycles. The number of hydrogen-bond acceptors (Lipinski definition) is 4. The number of fused-ring (bicyclic) bond motifs is 1. The Kier molecular flexibility index (Phi) is 4.76. The maximum Gasteiger partial charge on any atom is 0.251 e. The van der Waals surface area contributed by atoms with Crippen LogP contribution in [0.15, 0.2) is 18.2 Å². The fraction of sp³-hybridized carbons (Fsp3) is 0.611. The molecule has 1 heterocycles. The van der Waals surface area contributed by atoms with E-state index in [0.717, 1.165) is 25.0 Å². The van der Waals surface area contributed by atoms with Crippen LogP contribution in [0.3, 0.4) is 0 Å². The molecule has 1 aliphatic heterocycles. The van der Waals surface area contributed by atoms with E-state index < -0.39 is 0 Å². The predicted octanol–water partition coefficient (Wildman–Crippen LogP) is 2.78. The Morgan fingerprint density at radius 2 is 2.00 bits per heavy atom. The third-order valence-electron chi connectivity index (χ3n) is 4.29.